The van der Waals surface area contributed by atoms with Crippen molar-refractivity contribution in [3.8, 4) is 5.69 Å². The van der Waals surface area contributed by atoms with Gasteiger partial charge in [0.1, 0.15) is 18.4 Å². The van der Waals surface area contributed by atoms with E-state index in [1.54, 1.807) is 13.8 Å². The first-order valence-electron chi connectivity index (χ1n) is 10.9. The minimum atomic E-state index is -1.34. The number of urea groups is 1. The Bertz CT molecular complexity index is 1550. The fourth-order valence-corrected chi connectivity index (χ4v) is 5.55. The lowest BCUT2D eigenvalue weighted by atomic mass is 10.2. The Morgan fingerprint density at radius 2 is 1.81 bits per heavy atom. The van der Waals surface area contributed by atoms with Gasteiger partial charge in [0.25, 0.3) is 5.91 Å². The van der Waals surface area contributed by atoms with Crippen LogP contribution in [-0.4, -0.2) is 70.9 Å². The summed E-state index contributed by atoms with van der Waals surface area (Å²) < 4.78 is 33.3. The molecule has 198 valence electrons. The molecule has 37 heavy (non-hydrogen) atoms. The molecular formula is C21H21ClFN5O8S. The van der Waals surface area contributed by atoms with E-state index in [0.29, 0.717) is 24.7 Å². The summed E-state index contributed by atoms with van der Waals surface area (Å²) in [6.45, 7) is 2.32. The second-order valence-electron chi connectivity index (χ2n) is 8.60. The average Bonchev–Trinajstić information content (AvgIpc) is 3.05. The lowest BCUT2D eigenvalue weighted by Gasteiger charge is -2.25. The van der Waals surface area contributed by atoms with Crippen LogP contribution >= 0.6 is 11.6 Å². The molecule has 2 aromatic rings. The van der Waals surface area contributed by atoms with Crippen molar-refractivity contribution in [1.29, 1.82) is 0 Å². The molecule has 1 aromatic heterocycles. The summed E-state index contributed by atoms with van der Waals surface area (Å²) in [5.74, 6) is -2.81. The second kappa shape index (κ2) is 9.70. The van der Waals surface area contributed by atoms with Crippen LogP contribution in [-0.2, 0) is 38.7 Å². The SMILES string of the molecule is CC(C)OC(=O)Cn1c(=O)n(C)c(=O)n(-c2cc(N3C(=O)C4CS(=O)CCN4C3=O)c(F)cc2Cl)c1=O. The molecule has 4 rings (SSSR count). The third kappa shape index (κ3) is 4.52. The number of hydrogen-bond acceptors (Lipinski definition) is 8. The van der Waals surface area contributed by atoms with Crippen LogP contribution in [0.15, 0.2) is 26.5 Å². The van der Waals surface area contributed by atoms with E-state index in [1.165, 1.54) is 4.90 Å². The summed E-state index contributed by atoms with van der Waals surface area (Å²) in [7, 11) is -0.289. The molecule has 2 unspecified atom stereocenters. The van der Waals surface area contributed by atoms with Crippen LogP contribution in [0.25, 0.3) is 5.69 Å². The molecule has 16 heteroatoms. The predicted molar refractivity (Wildman–Crippen MR) is 129 cm³/mol. The number of rotatable bonds is 5. The van der Waals surface area contributed by atoms with E-state index in [9.17, 15) is 33.0 Å². The third-order valence-corrected chi connectivity index (χ3v) is 7.42. The Morgan fingerprint density at radius 3 is 2.46 bits per heavy atom. The van der Waals surface area contributed by atoms with Gasteiger partial charge in [0.15, 0.2) is 0 Å². The number of hydrogen-bond donors (Lipinski definition) is 0. The van der Waals surface area contributed by atoms with Gasteiger partial charge >= 0.3 is 29.1 Å². The summed E-state index contributed by atoms with van der Waals surface area (Å²) in [5.41, 5.74) is -4.60. The zero-order chi connectivity index (χ0) is 27.3. The van der Waals surface area contributed by atoms with E-state index >= 15 is 4.39 Å². The molecule has 0 saturated carbocycles. The van der Waals surface area contributed by atoms with Crippen molar-refractivity contribution in [1.82, 2.24) is 18.6 Å². The molecule has 2 saturated heterocycles. The van der Waals surface area contributed by atoms with E-state index in [1.807, 2.05) is 0 Å². The van der Waals surface area contributed by atoms with Gasteiger partial charge < -0.3 is 9.64 Å². The molecule has 2 atom stereocenters. The largest absolute Gasteiger partial charge is 0.462 e. The lowest BCUT2D eigenvalue weighted by Crippen LogP contribution is -2.54. The monoisotopic (exact) mass is 557 g/mol. The zero-order valence-electron chi connectivity index (χ0n) is 19.8. The molecular weight excluding hydrogens is 537 g/mol. The Kier molecular flexibility index (Phi) is 6.94. The number of halogens is 2. The number of anilines is 1. The molecule has 3 amide bonds. The fourth-order valence-electron chi connectivity index (χ4n) is 4.07. The van der Waals surface area contributed by atoms with Crippen molar-refractivity contribution in [2.75, 3.05) is 23.0 Å². The molecule has 0 radical (unpaired) electrons. The molecule has 3 heterocycles. The third-order valence-electron chi connectivity index (χ3n) is 5.79. The number of benzene rings is 1. The molecule has 0 aliphatic carbocycles. The Balaban J connectivity index is 1.87. The molecule has 2 aliphatic rings. The number of nitrogens with zero attached hydrogens (tertiary/aromatic N) is 5. The summed E-state index contributed by atoms with van der Waals surface area (Å²) in [6.07, 6.45) is -0.542. The Hall–Kier alpha value is -3.59. The predicted octanol–water partition coefficient (Wildman–Crippen LogP) is -0.658. The van der Waals surface area contributed by atoms with Gasteiger partial charge in [0.05, 0.1) is 28.3 Å². The van der Waals surface area contributed by atoms with E-state index in [2.05, 4.69) is 0 Å². The first kappa shape index (κ1) is 26.5. The molecule has 0 N–H and O–H groups in total. The second-order valence-corrected chi connectivity index (χ2v) is 10.6. The topological polar surface area (TPSA) is 150 Å². The van der Waals surface area contributed by atoms with E-state index < -0.39 is 86.7 Å². The first-order valence-corrected chi connectivity index (χ1v) is 12.8. The number of ether oxygens (including phenoxy) is 1. The molecule has 2 aliphatic heterocycles. The lowest BCUT2D eigenvalue weighted by molar-refractivity contribution is -0.148. The highest BCUT2D eigenvalue weighted by molar-refractivity contribution is 7.85. The van der Waals surface area contributed by atoms with Crippen molar-refractivity contribution in [2.24, 2.45) is 7.05 Å². The maximum absolute atomic E-state index is 15.0. The van der Waals surface area contributed by atoms with Gasteiger partial charge in [-0.1, -0.05) is 11.6 Å². The molecule has 1 aromatic carbocycles. The van der Waals surface area contributed by atoms with E-state index in [4.69, 9.17) is 16.3 Å². The van der Waals surface area contributed by atoms with Crippen LogP contribution in [0.2, 0.25) is 5.02 Å². The Morgan fingerprint density at radius 1 is 1.14 bits per heavy atom. The van der Waals surface area contributed by atoms with Gasteiger partial charge in [-0.2, -0.15) is 0 Å². The number of carbonyl (C=O) groups is 3. The van der Waals surface area contributed by atoms with Gasteiger partial charge in [0, 0.05) is 30.1 Å². The van der Waals surface area contributed by atoms with E-state index in [-0.39, 0.29) is 18.1 Å². The minimum Gasteiger partial charge on any atom is -0.462 e. The van der Waals surface area contributed by atoms with Crippen LogP contribution in [0.4, 0.5) is 14.9 Å². The van der Waals surface area contributed by atoms with Crippen molar-refractivity contribution < 1.29 is 27.7 Å². The maximum atomic E-state index is 15.0. The van der Waals surface area contributed by atoms with Crippen LogP contribution in [0, 0.1) is 5.82 Å². The smallest absolute Gasteiger partial charge is 0.341 e. The van der Waals surface area contributed by atoms with E-state index in [0.717, 1.165) is 13.1 Å². The van der Waals surface area contributed by atoms with Gasteiger partial charge in [0.2, 0.25) is 0 Å². The summed E-state index contributed by atoms with van der Waals surface area (Å²) in [5, 5.41) is -0.451. The fraction of sp³-hybridized carbons (Fsp3) is 0.429. The van der Waals surface area contributed by atoms with Gasteiger partial charge in [-0.25, -0.2) is 42.2 Å². The van der Waals surface area contributed by atoms with Crippen LogP contribution in [0.1, 0.15) is 13.8 Å². The molecule has 2 fully saturated rings. The highest BCUT2D eigenvalue weighted by Crippen LogP contribution is 2.33. The van der Waals surface area contributed by atoms with Gasteiger partial charge in [-0.05, 0) is 26.0 Å². The number of esters is 1. The maximum Gasteiger partial charge on any atom is 0.341 e. The van der Waals surface area contributed by atoms with Crippen LogP contribution in [0.3, 0.4) is 0 Å². The van der Waals surface area contributed by atoms with Crippen molar-refractivity contribution in [2.45, 2.75) is 32.5 Å². The molecule has 13 nitrogen and oxygen atoms in total. The zero-order valence-corrected chi connectivity index (χ0v) is 21.4. The summed E-state index contributed by atoms with van der Waals surface area (Å²) in [6, 6.07) is -0.352. The van der Waals surface area contributed by atoms with Crippen molar-refractivity contribution in [3.63, 3.8) is 0 Å². The molecule has 0 bridgehead atoms. The first-order chi connectivity index (χ1) is 17.3. The number of carbonyl (C=O) groups excluding carboxylic acids is 3. The van der Waals surface area contributed by atoms with Crippen molar-refractivity contribution in [3.05, 3.63) is 54.4 Å². The number of imide groups is 1. The van der Waals surface area contributed by atoms with Crippen LogP contribution < -0.4 is 22.0 Å². The summed E-state index contributed by atoms with van der Waals surface area (Å²) >= 11 is 6.15. The number of fused-ring (bicyclic) bond motifs is 1. The Labute approximate surface area is 215 Å². The minimum absolute atomic E-state index is 0.0257. The highest BCUT2D eigenvalue weighted by atomic mass is 35.5. The van der Waals surface area contributed by atoms with Crippen molar-refractivity contribution >= 4 is 46.0 Å². The summed E-state index contributed by atoms with van der Waals surface area (Å²) in [4.78, 5) is 78.4. The quantitative estimate of drug-likeness (QED) is 0.347. The number of aromatic nitrogens is 3. The molecule has 0 spiro atoms. The number of amides is 3. The van der Waals surface area contributed by atoms with Gasteiger partial charge in [-0.15, -0.1) is 0 Å². The van der Waals surface area contributed by atoms with Gasteiger partial charge in [-0.3, -0.25) is 13.8 Å². The normalized spacial score (nSPS) is 19.5. The van der Waals surface area contributed by atoms with Crippen LogP contribution in [0.5, 0.6) is 0 Å². The highest BCUT2D eigenvalue weighted by Gasteiger charge is 2.49. The standard InChI is InChI=1S/C21H21ClFN5O8S/c1-10(2)36-16(29)8-26-18(31)24(3)19(32)28(21(26)34)13-7-14(12(23)6-11(13)22)27-17(30)15-9-37(35)5-4-25(15)20(27)33/h6-7,10,15H,4-5,8-9H2,1-3H3. The average molecular weight is 558 g/mol.